The van der Waals surface area contributed by atoms with Crippen LogP contribution in [0.25, 0.3) is 0 Å². The summed E-state index contributed by atoms with van der Waals surface area (Å²) in [6, 6.07) is 5.49. The molecule has 5 nitrogen and oxygen atoms in total. The van der Waals surface area contributed by atoms with Gasteiger partial charge in [-0.05, 0) is 45.7 Å². The zero-order chi connectivity index (χ0) is 14.0. The van der Waals surface area contributed by atoms with Gasteiger partial charge >= 0.3 is 6.09 Å². The minimum atomic E-state index is -0.479. The number of anilines is 1. The summed E-state index contributed by atoms with van der Waals surface area (Å²) >= 11 is 0. The largest absolute Gasteiger partial charge is 0.444 e. The zero-order valence-electron chi connectivity index (χ0n) is 11.7. The first-order chi connectivity index (χ1) is 8.87. The van der Waals surface area contributed by atoms with Crippen LogP contribution >= 0.6 is 0 Å². The predicted molar refractivity (Wildman–Crippen MR) is 73.6 cm³/mol. The Morgan fingerprint density at radius 2 is 2.21 bits per heavy atom. The highest BCUT2D eigenvalue weighted by Gasteiger charge is 2.33. The topological polar surface area (TPSA) is 68.5 Å². The van der Waals surface area contributed by atoms with Crippen molar-refractivity contribution in [3.05, 3.63) is 23.9 Å². The second kappa shape index (κ2) is 5.07. The summed E-state index contributed by atoms with van der Waals surface area (Å²) in [5.74, 6) is 0.480. The van der Waals surface area contributed by atoms with E-state index >= 15 is 0 Å². The molecule has 0 spiro atoms. The van der Waals surface area contributed by atoms with E-state index in [-0.39, 0.29) is 12.1 Å². The molecule has 5 heteroatoms. The second-order valence-corrected chi connectivity index (χ2v) is 5.82. The third-order valence-corrected chi connectivity index (χ3v) is 3.01. The second-order valence-electron chi connectivity index (χ2n) is 5.82. The third-order valence-electron chi connectivity index (χ3n) is 3.01. The molecule has 1 aromatic rings. The number of hydrogen-bond acceptors (Lipinski definition) is 4. The fourth-order valence-electron chi connectivity index (χ4n) is 2.27. The first-order valence-electron chi connectivity index (χ1n) is 6.59. The van der Waals surface area contributed by atoms with Crippen LogP contribution in [0, 0.1) is 0 Å². The average molecular weight is 263 g/mol. The van der Waals surface area contributed by atoms with Crippen molar-refractivity contribution in [3.63, 3.8) is 0 Å². The van der Waals surface area contributed by atoms with E-state index in [1.807, 2.05) is 32.9 Å². The van der Waals surface area contributed by atoms with Crippen LogP contribution in [0.5, 0.6) is 0 Å². The molecule has 1 fully saturated rings. The predicted octanol–water partition coefficient (Wildman–Crippen LogP) is 2.74. The molecule has 1 saturated heterocycles. The van der Waals surface area contributed by atoms with Crippen LogP contribution in [0.2, 0.25) is 0 Å². The van der Waals surface area contributed by atoms with E-state index in [0.29, 0.717) is 12.4 Å². The fraction of sp³-hybridized carbons (Fsp3) is 0.571. The van der Waals surface area contributed by atoms with Crippen LogP contribution in [-0.2, 0) is 4.74 Å². The van der Waals surface area contributed by atoms with Crippen molar-refractivity contribution < 1.29 is 9.53 Å². The van der Waals surface area contributed by atoms with E-state index in [2.05, 4.69) is 4.98 Å². The van der Waals surface area contributed by atoms with Crippen molar-refractivity contribution in [2.24, 2.45) is 0 Å². The van der Waals surface area contributed by atoms with Gasteiger partial charge in [0.2, 0.25) is 0 Å². The van der Waals surface area contributed by atoms with Crippen LogP contribution in [-0.4, -0.2) is 28.1 Å². The number of nitrogens with zero attached hydrogens (tertiary/aromatic N) is 2. The summed E-state index contributed by atoms with van der Waals surface area (Å²) in [6.07, 6.45) is 1.58. The Morgan fingerprint density at radius 3 is 2.84 bits per heavy atom. The number of nitrogens with two attached hydrogens (primary N) is 1. The smallest absolute Gasteiger partial charge is 0.410 e. The zero-order valence-corrected chi connectivity index (χ0v) is 11.7. The Labute approximate surface area is 113 Å². The molecule has 1 aromatic heterocycles. The van der Waals surface area contributed by atoms with E-state index in [9.17, 15) is 4.79 Å². The number of carbonyl (C=O) groups is 1. The average Bonchev–Trinajstić information content (AvgIpc) is 2.75. The molecule has 1 aliphatic heterocycles. The van der Waals surface area contributed by atoms with Crippen molar-refractivity contribution in [3.8, 4) is 0 Å². The van der Waals surface area contributed by atoms with Gasteiger partial charge < -0.3 is 10.5 Å². The lowest BCUT2D eigenvalue weighted by atomic mass is 10.1. The molecular formula is C14H21N3O2. The highest BCUT2D eigenvalue weighted by Crippen LogP contribution is 2.32. The summed E-state index contributed by atoms with van der Waals surface area (Å²) in [6.45, 7) is 6.31. The third kappa shape index (κ3) is 3.36. The van der Waals surface area contributed by atoms with Gasteiger partial charge in [-0.25, -0.2) is 9.78 Å². The Bertz CT molecular complexity index is 468. The lowest BCUT2D eigenvalue weighted by Gasteiger charge is -2.28. The summed E-state index contributed by atoms with van der Waals surface area (Å²) in [7, 11) is 0. The van der Waals surface area contributed by atoms with Crippen molar-refractivity contribution in [1.82, 2.24) is 9.88 Å². The monoisotopic (exact) mass is 263 g/mol. The summed E-state index contributed by atoms with van der Waals surface area (Å²) in [5.41, 5.74) is 6.06. The normalized spacial score (nSPS) is 19.5. The van der Waals surface area contributed by atoms with Crippen molar-refractivity contribution in [2.45, 2.75) is 45.3 Å². The Balaban J connectivity index is 2.15. The molecule has 1 aliphatic rings. The van der Waals surface area contributed by atoms with Gasteiger partial charge in [0, 0.05) is 6.54 Å². The number of aromatic nitrogens is 1. The first kappa shape index (κ1) is 13.6. The van der Waals surface area contributed by atoms with Crippen LogP contribution in [0.4, 0.5) is 10.6 Å². The highest BCUT2D eigenvalue weighted by atomic mass is 16.6. The molecule has 1 unspecified atom stereocenters. The lowest BCUT2D eigenvalue weighted by molar-refractivity contribution is 0.0221. The molecule has 0 aliphatic carbocycles. The van der Waals surface area contributed by atoms with Crippen LogP contribution in [0.3, 0.4) is 0 Å². The highest BCUT2D eigenvalue weighted by molar-refractivity contribution is 5.69. The molecule has 104 valence electrons. The Morgan fingerprint density at radius 1 is 1.47 bits per heavy atom. The summed E-state index contributed by atoms with van der Waals surface area (Å²) < 4.78 is 5.43. The maximum atomic E-state index is 12.2. The van der Waals surface area contributed by atoms with Gasteiger partial charge in [-0.3, -0.25) is 4.90 Å². The molecule has 2 rings (SSSR count). The lowest BCUT2D eigenvalue weighted by Crippen LogP contribution is -2.36. The number of carbonyl (C=O) groups excluding carboxylic acids is 1. The van der Waals surface area contributed by atoms with E-state index in [1.54, 1.807) is 11.0 Å². The minimum Gasteiger partial charge on any atom is -0.444 e. The summed E-state index contributed by atoms with van der Waals surface area (Å²) in [4.78, 5) is 18.2. The maximum absolute atomic E-state index is 12.2. The van der Waals surface area contributed by atoms with E-state index < -0.39 is 5.60 Å². The molecule has 0 radical (unpaired) electrons. The molecular weight excluding hydrogens is 242 g/mol. The number of hydrogen-bond donors (Lipinski definition) is 1. The SMILES string of the molecule is CC(C)(C)OC(=O)N1CCCC1c1cccc(N)n1. The number of amides is 1. The van der Waals surface area contributed by atoms with Crippen LogP contribution in [0.1, 0.15) is 45.3 Å². The van der Waals surface area contributed by atoms with E-state index in [1.165, 1.54) is 0 Å². The summed E-state index contributed by atoms with van der Waals surface area (Å²) in [5, 5.41) is 0. The number of ether oxygens (including phenoxy) is 1. The van der Waals surface area contributed by atoms with Crippen LogP contribution in [0.15, 0.2) is 18.2 Å². The van der Waals surface area contributed by atoms with Gasteiger partial charge in [0.15, 0.2) is 0 Å². The van der Waals surface area contributed by atoms with Gasteiger partial charge in [0.05, 0.1) is 11.7 Å². The van der Waals surface area contributed by atoms with Gasteiger partial charge in [0.1, 0.15) is 11.4 Å². The first-order valence-corrected chi connectivity index (χ1v) is 6.59. The van der Waals surface area contributed by atoms with E-state index in [0.717, 1.165) is 18.5 Å². The molecule has 0 aromatic carbocycles. The standard InChI is InChI=1S/C14H21N3O2/c1-14(2,3)19-13(18)17-9-5-7-11(17)10-6-4-8-12(15)16-10/h4,6,8,11H,5,7,9H2,1-3H3,(H2,15,16). The quantitative estimate of drug-likeness (QED) is 0.845. The molecule has 0 bridgehead atoms. The number of rotatable bonds is 1. The van der Waals surface area contributed by atoms with Crippen molar-refractivity contribution in [1.29, 1.82) is 0 Å². The van der Waals surface area contributed by atoms with E-state index in [4.69, 9.17) is 10.5 Å². The van der Waals surface area contributed by atoms with Crippen LogP contribution < -0.4 is 5.73 Å². The maximum Gasteiger partial charge on any atom is 0.410 e. The van der Waals surface area contributed by atoms with Crippen molar-refractivity contribution in [2.75, 3.05) is 12.3 Å². The van der Waals surface area contributed by atoms with Gasteiger partial charge in [-0.1, -0.05) is 6.07 Å². The molecule has 19 heavy (non-hydrogen) atoms. The number of pyridine rings is 1. The molecule has 1 atom stereocenters. The molecule has 2 heterocycles. The molecule has 0 saturated carbocycles. The minimum absolute atomic E-state index is 0.0293. The molecule has 2 N–H and O–H groups in total. The van der Waals surface area contributed by atoms with Gasteiger partial charge in [0.25, 0.3) is 0 Å². The Hall–Kier alpha value is -1.78. The molecule has 1 amide bonds. The van der Waals surface area contributed by atoms with Gasteiger partial charge in [-0.15, -0.1) is 0 Å². The number of likely N-dealkylation sites (tertiary alicyclic amines) is 1. The number of nitrogen functional groups attached to an aromatic ring is 1. The Kier molecular flexibility index (Phi) is 3.64. The van der Waals surface area contributed by atoms with Crippen molar-refractivity contribution >= 4 is 11.9 Å². The fourth-order valence-corrected chi connectivity index (χ4v) is 2.27. The van der Waals surface area contributed by atoms with Gasteiger partial charge in [-0.2, -0.15) is 0 Å².